The number of nitro groups is 1. The Labute approximate surface area is 127 Å². The van der Waals surface area contributed by atoms with E-state index in [4.69, 9.17) is 0 Å². The zero-order chi connectivity index (χ0) is 15.4. The maximum Gasteiger partial charge on any atom is 0.388 e. The van der Waals surface area contributed by atoms with Crippen molar-refractivity contribution in [2.24, 2.45) is 0 Å². The van der Waals surface area contributed by atoms with Gasteiger partial charge >= 0.3 is 5.82 Å². The first-order valence-corrected chi connectivity index (χ1v) is 6.75. The number of hydrogen-bond acceptors (Lipinski definition) is 3. The molecule has 0 saturated carbocycles. The fourth-order valence-electron chi connectivity index (χ4n) is 2.16. The first-order valence-electron chi connectivity index (χ1n) is 6.75. The lowest BCUT2D eigenvalue weighted by molar-refractivity contribution is -0.389. The van der Waals surface area contributed by atoms with Gasteiger partial charge in [0.25, 0.3) is 0 Å². The molecule has 1 heterocycles. The molecule has 22 heavy (non-hydrogen) atoms. The molecule has 0 aliphatic carbocycles. The molecule has 2 aromatic carbocycles. The molecule has 3 aromatic rings. The molecule has 0 amide bonds. The van der Waals surface area contributed by atoms with Gasteiger partial charge in [-0.1, -0.05) is 60.7 Å². The third kappa shape index (κ3) is 2.93. The molecule has 1 aromatic heterocycles. The summed E-state index contributed by atoms with van der Waals surface area (Å²) in [6.45, 7) is 0. The number of nitrogens with zero attached hydrogens (tertiary/aromatic N) is 2. The van der Waals surface area contributed by atoms with Crippen LogP contribution in [0.3, 0.4) is 0 Å². The van der Waals surface area contributed by atoms with Gasteiger partial charge in [-0.3, -0.25) is 0 Å². The molecule has 0 fully saturated rings. The van der Waals surface area contributed by atoms with Crippen molar-refractivity contribution in [1.29, 1.82) is 0 Å². The van der Waals surface area contributed by atoms with Gasteiger partial charge in [0.2, 0.25) is 6.33 Å². The summed E-state index contributed by atoms with van der Waals surface area (Å²) >= 11 is 0. The van der Waals surface area contributed by atoms with Crippen molar-refractivity contribution >= 4 is 18.0 Å². The van der Waals surface area contributed by atoms with Crippen LogP contribution in [0.5, 0.6) is 0 Å². The minimum Gasteiger partial charge on any atom is -0.358 e. The summed E-state index contributed by atoms with van der Waals surface area (Å²) in [6, 6.07) is 18.1. The predicted octanol–water partition coefficient (Wildman–Crippen LogP) is 4.16. The van der Waals surface area contributed by atoms with E-state index in [-0.39, 0.29) is 5.82 Å². The van der Waals surface area contributed by atoms with E-state index in [1.165, 1.54) is 6.33 Å². The van der Waals surface area contributed by atoms with Crippen LogP contribution in [-0.4, -0.2) is 14.9 Å². The lowest BCUT2D eigenvalue weighted by atomic mass is 10.0. The normalized spacial score (nSPS) is 10.9. The molecule has 0 spiro atoms. The molecule has 3 rings (SSSR count). The molecule has 5 nitrogen and oxygen atoms in total. The number of aromatic amines is 1. The molecule has 0 saturated heterocycles. The summed E-state index contributed by atoms with van der Waals surface area (Å²) < 4.78 is 0. The third-order valence-electron chi connectivity index (χ3n) is 3.28. The Morgan fingerprint density at radius 1 is 0.955 bits per heavy atom. The van der Waals surface area contributed by atoms with E-state index >= 15 is 0 Å². The van der Waals surface area contributed by atoms with Gasteiger partial charge in [-0.2, -0.15) is 0 Å². The van der Waals surface area contributed by atoms with Crippen molar-refractivity contribution in [2.75, 3.05) is 0 Å². The molecule has 0 bridgehead atoms. The highest BCUT2D eigenvalue weighted by Gasteiger charge is 2.13. The van der Waals surface area contributed by atoms with Crippen molar-refractivity contribution < 1.29 is 4.92 Å². The molecular formula is C17H13N3O2. The summed E-state index contributed by atoms with van der Waals surface area (Å²) in [5.41, 5.74) is 3.63. The van der Waals surface area contributed by atoms with Crippen molar-refractivity contribution in [3.63, 3.8) is 0 Å². The summed E-state index contributed by atoms with van der Waals surface area (Å²) in [5, 5.41) is 10.8. The van der Waals surface area contributed by atoms with Gasteiger partial charge in [0.05, 0.1) is 0 Å². The average molecular weight is 291 g/mol. The van der Waals surface area contributed by atoms with Crippen LogP contribution in [0.2, 0.25) is 0 Å². The van der Waals surface area contributed by atoms with Gasteiger partial charge in [-0.05, 0) is 32.7 Å². The molecule has 0 radical (unpaired) electrons. The van der Waals surface area contributed by atoms with Crippen LogP contribution in [-0.2, 0) is 0 Å². The third-order valence-corrected chi connectivity index (χ3v) is 3.28. The first-order chi connectivity index (χ1) is 10.7. The molecule has 5 heteroatoms. The van der Waals surface area contributed by atoms with Crippen LogP contribution in [0.15, 0.2) is 60.9 Å². The molecule has 1 N–H and O–H groups in total. The predicted molar refractivity (Wildman–Crippen MR) is 86.0 cm³/mol. The van der Waals surface area contributed by atoms with Crippen molar-refractivity contribution in [3.8, 4) is 11.1 Å². The number of H-pyrrole nitrogens is 1. The Kier molecular flexibility index (Phi) is 3.78. The van der Waals surface area contributed by atoms with E-state index in [2.05, 4.69) is 22.1 Å². The standard InChI is InChI=1S/C17H13N3O2/c21-20(22)17-16(18-12-19-17)11-8-13-6-9-15(10-7-13)14-4-2-1-3-5-14/h1-12H,(H,18,19)/b11-8+. The summed E-state index contributed by atoms with van der Waals surface area (Å²) in [7, 11) is 0. The van der Waals surface area contributed by atoms with E-state index in [1.54, 1.807) is 6.08 Å². The summed E-state index contributed by atoms with van der Waals surface area (Å²) in [6.07, 6.45) is 4.79. The topological polar surface area (TPSA) is 71.8 Å². The van der Waals surface area contributed by atoms with Gasteiger partial charge < -0.3 is 15.1 Å². The van der Waals surface area contributed by atoms with Crippen molar-refractivity contribution in [1.82, 2.24) is 9.97 Å². The molecule has 0 unspecified atom stereocenters. The molecular weight excluding hydrogens is 278 g/mol. The Hall–Kier alpha value is -3.21. The average Bonchev–Trinajstić information content (AvgIpc) is 3.03. The lowest BCUT2D eigenvalue weighted by Crippen LogP contribution is -1.89. The van der Waals surface area contributed by atoms with Crippen LogP contribution in [0.4, 0.5) is 5.82 Å². The van der Waals surface area contributed by atoms with Gasteiger partial charge in [0.1, 0.15) is 5.69 Å². The highest BCUT2D eigenvalue weighted by molar-refractivity contribution is 5.73. The number of rotatable bonds is 4. The fourth-order valence-corrected chi connectivity index (χ4v) is 2.16. The van der Waals surface area contributed by atoms with E-state index in [9.17, 15) is 10.1 Å². The van der Waals surface area contributed by atoms with Crippen LogP contribution in [0, 0.1) is 10.1 Å². The summed E-state index contributed by atoms with van der Waals surface area (Å²) in [4.78, 5) is 16.7. The first kappa shape index (κ1) is 13.8. The Morgan fingerprint density at radius 2 is 1.64 bits per heavy atom. The Balaban J connectivity index is 1.80. The molecule has 108 valence electrons. The number of hydrogen-bond donors (Lipinski definition) is 1. The molecule has 0 aliphatic heterocycles. The second kappa shape index (κ2) is 6.05. The second-order valence-electron chi connectivity index (χ2n) is 4.72. The zero-order valence-corrected chi connectivity index (χ0v) is 11.6. The second-order valence-corrected chi connectivity index (χ2v) is 4.72. The van der Waals surface area contributed by atoms with E-state index in [1.807, 2.05) is 48.5 Å². The maximum absolute atomic E-state index is 10.8. The van der Waals surface area contributed by atoms with E-state index in [0.29, 0.717) is 5.69 Å². The summed E-state index contributed by atoms with van der Waals surface area (Å²) in [5.74, 6) is -0.169. The van der Waals surface area contributed by atoms with Crippen molar-refractivity contribution in [2.45, 2.75) is 0 Å². The smallest absolute Gasteiger partial charge is 0.358 e. The minimum atomic E-state index is -0.505. The maximum atomic E-state index is 10.8. The highest BCUT2D eigenvalue weighted by Crippen LogP contribution is 2.21. The van der Waals surface area contributed by atoms with Crippen LogP contribution < -0.4 is 0 Å². The van der Waals surface area contributed by atoms with Crippen molar-refractivity contribution in [3.05, 3.63) is 82.3 Å². The fraction of sp³-hybridized carbons (Fsp3) is 0. The Morgan fingerprint density at radius 3 is 2.32 bits per heavy atom. The monoisotopic (exact) mass is 291 g/mol. The van der Waals surface area contributed by atoms with Gasteiger partial charge in [-0.25, -0.2) is 0 Å². The molecule has 0 atom stereocenters. The van der Waals surface area contributed by atoms with Crippen LogP contribution >= 0.6 is 0 Å². The van der Waals surface area contributed by atoms with E-state index < -0.39 is 4.92 Å². The lowest BCUT2D eigenvalue weighted by Gasteiger charge is -2.01. The van der Waals surface area contributed by atoms with E-state index in [0.717, 1.165) is 16.7 Å². The number of imidazole rings is 1. The zero-order valence-electron chi connectivity index (χ0n) is 11.6. The van der Waals surface area contributed by atoms with Crippen LogP contribution in [0.1, 0.15) is 11.3 Å². The van der Waals surface area contributed by atoms with Gasteiger partial charge in [0, 0.05) is 0 Å². The van der Waals surface area contributed by atoms with Crippen LogP contribution in [0.25, 0.3) is 23.3 Å². The Bertz CT molecular complexity index is 805. The van der Waals surface area contributed by atoms with Gasteiger partial charge in [0.15, 0.2) is 0 Å². The number of benzene rings is 2. The number of aromatic nitrogens is 2. The highest BCUT2D eigenvalue weighted by atomic mass is 16.6. The quantitative estimate of drug-likeness (QED) is 0.579. The molecule has 0 aliphatic rings. The SMILES string of the molecule is O=[N+]([O-])c1nc[nH]c1/C=C/c1ccc(-c2ccccc2)cc1. The number of nitrogens with one attached hydrogen (secondary N) is 1. The minimum absolute atomic E-state index is 0.169. The largest absolute Gasteiger partial charge is 0.388 e. The van der Waals surface area contributed by atoms with Gasteiger partial charge in [-0.15, -0.1) is 0 Å².